The number of carbonyl (C=O) groups is 1. The highest BCUT2D eigenvalue weighted by molar-refractivity contribution is 6.31. The molecule has 4 rings (SSSR count). The van der Waals surface area contributed by atoms with Gasteiger partial charge in [0, 0.05) is 32.7 Å². The molecule has 0 spiro atoms. The first kappa shape index (κ1) is 20.7. The van der Waals surface area contributed by atoms with E-state index >= 15 is 0 Å². The third-order valence-electron chi connectivity index (χ3n) is 5.09. The number of methoxy groups -OCH3 is 1. The van der Waals surface area contributed by atoms with Crippen LogP contribution in [0.1, 0.15) is 21.5 Å². The quantitative estimate of drug-likeness (QED) is 0.462. The molecule has 0 radical (unpaired) electrons. The number of anilines is 1. The summed E-state index contributed by atoms with van der Waals surface area (Å²) in [6.07, 6.45) is 0. The molecule has 0 aliphatic rings. The molecule has 0 saturated heterocycles. The molecule has 1 heterocycles. The Hall–Kier alpha value is -3.57. The molecule has 1 N–H and O–H groups in total. The molecule has 0 atom stereocenters. The second-order valence-electron chi connectivity index (χ2n) is 7.32. The van der Waals surface area contributed by atoms with Gasteiger partial charge in [-0.1, -0.05) is 29.8 Å². The minimum absolute atomic E-state index is 0.108. The number of nitrogens with one attached hydrogen (secondary N) is 1. The van der Waals surface area contributed by atoms with Crippen molar-refractivity contribution in [2.24, 2.45) is 0 Å². The molecule has 0 bridgehead atoms. The molecule has 3 aromatic carbocycles. The lowest BCUT2D eigenvalue weighted by Crippen LogP contribution is -2.33. The predicted molar refractivity (Wildman–Crippen MR) is 124 cm³/mol. The molecular formula is C25H21ClN2O3. The van der Waals surface area contributed by atoms with Crippen LogP contribution in [0.2, 0.25) is 5.02 Å². The van der Waals surface area contributed by atoms with E-state index in [0.717, 1.165) is 10.9 Å². The molecule has 0 aliphatic heterocycles. The van der Waals surface area contributed by atoms with E-state index in [1.807, 2.05) is 37.3 Å². The number of nitrogens with zero attached hydrogens (tertiary/aromatic N) is 1. The fraction of sp³-hybridized carbons (Fsp3) is 0.120. The van der Waals surface area contributed by atoms with Gasteiger partial charge < -0.3 is 14.6 Å². The van der Waals surface area contributed by atoms with Gasteiger partial charge in [-0.25, -0.2) is 0 Å². The minimum Gasteiger partial charge on any atom is -0.497 e. The molecular weight excluding hydrogens is 412 g/mol. The van der Waals surface area contributed by atoms with Crippen molar-refractivity contribution in [3.8, 4) is 5.75 Å². The Bertz CT molecular complexity index is 1330. The molecule has 0 fully saturated rings. The fourth-order valence-corrected chi connectivity index (χ4v) is 3.69. The van der Waals surface area contributed by atoms with Crippen LogP contribution in [0.5, 0.6) is 5.75 Å². The Balaban J connectivity index is 1.80. The number of hydrogen-bond acceptors (Lipinski definition) is 3. The van der Waals surface area contributed by atoms with Gasteiger partial charge in [-0.15, -0.1) is 0 Å². The van der Waals surface area contributed by atoms with E-state index in [0.29, 0.717) is 33.1 Å². The zero-order chi connectivity index (χ0) is 22.0. The van der Waals surface area contributed by atoms with Gasteiger partial charge in [0.2, 0.25) is 0 Å². The van der Waals surface area contributed by atoms with Gasteiger partial charge in [-0.05, 0) is 67.1 Å². The first-order valence-corrected chi connectivity index (χ1v) is 10.2. The number of hydrogen-bond donors (Lipinski definition) is 1. The maximum absolute atomic E-state index is 13.4. The van der Waals surface area contributed by atoms with Gasteiger partial charge in [0.1, 0.15) is 5.75 Å². The number of pyridine rings is 1. The van der Waals surface area contributed by atoms with Crippen LogP contribution >= 0.6 is 11.6 Å². The standard InChI is InChI=1S/C25H21ClN2O3/c1-16-5-3-8-21(11-16)28(25(30)17-6-4-7-20(26)13-17)15-19-12-18-14-22(31-2)9-10-23(18)27-24(19)29/h3-14H,15H2,1-2H3,(H,27,29). The molecule has 156 valence electrons. The van der Waals surface area contributed by atoms with Crippen molar-refractivity contribution >= 4 is 34.1 Å². The smallest absolute Gasteiger partial charge is 0.258 e. The molecule has 1 aromatic heterocycles. The number of rotatable bonds is 5. The van der Waals surface area contributed by atoms with E-state index in [-0.39, 0.29) is 18.0 Å². The van der Waals surface area contributed by atoms with Crippen LogP contribution in [0.15, 0.2) is 77.6 Å². The van der Waals surface area contributed by atoms with Gasteiger partial charge >= 0.3 is 0 Å². The van der Waals surface area contributed by atoms with E-state index in [1.165, 1.54) is 0 Å². The van der Waals surface area contributed by atoms with Crippen LogP contribution in [-0.4, -0.2) is 18.0 Å². The average molecular weight is 433 g/mol. The molecule has 1 amide bonds. The lowest BCUT2D eigenvalue weighted by Gasteiger charge is -2.23. The van der Waals surface area contributed by atoms with Crippen LogP contribution < -0.4 is 15.2 Å². The van der Waals surface area contributed by atoms with E-state index < -0.39 is 0 Å². The molecule has 0 aliphatic carbocycles. The molecule has 31 heavy (non-hydrogen) atoms. The number of halogens is 1. The second-order valence-corrected chi connectivity index (χ2v) is 7.75. The summed E-state index contributed by atoms with van der Waals surface area (Å²) in [6.45, 7) is 2.07. The average Bonchev–Trinajstić information content (AvgIpc) is 2.77. The number of H-pyrrole nitrogens is 1. The van der Waals surface area contributed by atoms with E-state index in [1.54, 1.807) is 54.5 Å². The Kier molecular flexibility index (Phi) is 5.78. The van der Waals surface area contributed by atoms with Gasteiger partial charge in [-0.3, -0.25) is 9.59 Å². The summed E-state index contributed by atoms with van der Waals surface area (Å²) in [7, 11) is 1.59. The number of carbonyl (C=O) groups excluding carboxylic acids is 1. The van der Waals surface area contributed by atoms with E-state index in [9.17, 15) is 9.59 Å². The predicted octanol–water partition coefficient (Wildman–Crippen LogP) is 5.35. The zero-order valence-corrected chi connectivity index (χ0v) is 17.9. The van der Waals surface area contributed by atoms with E-state index in [2.05, 4.69) is 4.98 Å². The fourth-order valence-electron chi connectivity index (χ4n) is 3.50. The van der Waals surface area contributed by atoms with Crippen LogP contribution in [0.3, 0.4) is 0 Å². The normalized spacial score (nSPS) is 10.8. The van der Waals surface area contributed by atoms with Crippen molar-refractivity contribution in [3.63, 3.8) is 0 Å². The lowest BCUT2D eigenvalue weighted by atomic mass is 10.1. The summed E-state index contributed by atoms with van der Waals surface area (Å²) in [6, 6.07) is 21.7. The maximum Gasteiger partial charge on any atom is 0.258 e. The summed E-state index contributed by atoms with van der Waals surface area (Å²) in [5.74, 6) is 0.453. The number of fused-ring (bicyclic) bond motifs is 1. The summed E-state index contributed by atoms with van der Waals surface area (Å²) in [4.78, 5) is 30.7. The van der Waals surface area contributed by atoms with Gasteiger partial charge in [0.05, 0.1) is 13.7 Å². The summed E-state index contributed by atoms with van der Waals surface area (Å²) < 4.78 is 5.29. The summed E-state index contributed by atoms with van der Waals surface area (Å²) in [5, 5.41) is 1.30. The Morgan fingerprint density at radius 1 is 1.03 bits per heavy atom. The van der Waals surface area contributed by atoms with Crippen molar-refractivity contribution in [2.75, 3.05) is 12.0 Å². The van der Waals surface area contributed by atoms with Crippen LogP contribution in [0.4, 0.5) is 5.69 Å². The Morgan fingerprint density at radius 2 is 1.84 bits per heavy atom. The third-order valence-corrected chi connectivity index (χ3v) is 5.32. The highest BCUT2D eigenvalue weighted by Gasteiger charge is 2.20. The van der Waals surface area contributed by atoms with Crippen molar-refractivity contribution in [1.82, 2.24) is 4.98 Å². The maximum atomic E-state index is 13.4. The van der Waals surface area contributed by atoms with Gasteiger partial charge in [0.15, 0.2) is 0 Å². The summed E-state index contributed by atoms with van der Waals surface area (Å²) in [5.41, 5.74) is 3.10. The second kappa shape index (κ2) is 8.66. The molecule has 0 saturated carbocycles. The summed E-state index contributed by atoms with van der Waals surface area (Å²) >= 11 is 6.11. The van der Waals surface area contributed by atoms with Gasteiger partial charge in [0.25, 0.3) is 11.5 Å². The zero-order valence-electron chi connectivity index (χ0n) is 17.2. The SMILES string of the molecule is COc1ccc2[nH]c(=O)c(CN(C(=O)c3cccc(Cl)c3)c3cccc(C)c3)cc2c1. The first-order valence-electron chi connectivity index (χ1n) is 9.78. The van der Waals surface area contributed by atoms with Gasteiger partial charge in [-0.2, -0.15) is 0 Å². The van der Waals surface area contributed by atoms with Crippen LogP contribution in [0.25, 0.3) is 10.9 Å². The Morgan fingerprint density at radius 3 is 2.58 bits per heavy atom. The first-order chi connectivity index (χ1) is 14.9. The number of aryl methyl sites for hydroxylation is 1. The monoisotopic (exact) mass is 432 g/mol. The molecule has 6 heteroatoms. The van der Waals surface area contributed by atoms with Crippen LogP contribution in [-0.2, 0) is 6.54 Å². The van der Waals surface area contributed by atoms with Crippen molar-refractivity contribution in [3.05, 3.63) is 105 Å². The van der Waals surface area contributed by atoms with Crippen molar-refractivity contribution in [1.29, 1.82) is 0 Å². The molecule has 4 aromatic rings. The minimum atomic E-state index is -0.241. The van der Waals surface area contributed by atoms with Crippen molar-refractivity contribution < 1.29 is 9.53 Å². The topological polar surface area (TPSA) is 62.4 Å². The lowest BCUT2D eigenvalue weighted by molar-refractivity contribution is 0.0985. The van der Waals surface area contributed by atoms with Crippen LogP contribution in [0, 0.1) is 6.92 Å². The van der Waals surface area contributed by atoms with E-state index in [4.69, 9.17) is 16.3 Å². The number of amides is 1. The number of aromatic nitrogens is 1. The number of benzene rings is 3. The molecule has 0 unspecified atom stereocenters. The molecule has 5 nitrogen and oxygen atoms in total. The largest absolute Gasteiger partial charge is 0.497 e. The van der Waals surface area contributed by atoms with Crippen molar-refractivity contribution in [2.45, 2.75) is 13.5 Å². The number of ether oxygens (including phenoxy) is 1. The highest BCUT2D eigenvalue weighted by atomic mass is 35.5. The highest BCUT2D eigenvalue weighted by Crippen LogP contribution is 2.24. The third kappa shape index (κ3) is 4.47. The Labute approximate surface area is 184 Å². The number of aromatic amines is 1.